The van der Waals surface area contributed by atoms with Gasteiger partial charge in [0.1, 0.15) is 5.82 Å². The van der Waals surface area contributed by atoms with Gasteiger partial charge < -0.3 is 5.32 Å². The van der Waals surface area contributed by atoms with Crippen molar-refractivity contribution in [3.63, 3.8) is 0 Å². The molecule has 0 spiro atoms. The van der Waals surface area contributed by atoms with E-state index in [1.165, 1.54) is 32.1 Å². The lowest BCUT2D eigenvalue weighted by Gasteiger charge is -2.44. The highest BCUT2D eigenvalue weighted by atomic mass is 19.1. The monoisotopic (exact) mass is 290 g/mol. The van der Waals surface area contributed by atoms with Crippen LogP contribution in [0.5, 0.6) is 0 Å². The SMILES string of the molecule is CCC(c1cccc(F)c1)N1CCCCC1C1CCCN1. The number of nitrogens with one attached hydrogen (secondary N) is 1. The van der Waals surface area contributed by atoms with E-state index in [1.807, 2.05) is 6.07 Å². The molecule has 3 heteroatoms. The Morgan fingerprint density at radius 2 is 2.19 bits per heavy atom. The lowest BCUT2D eigenvalue weighted by Crippen LogP contribution is -2.51. The summed E-state index contributed by atoms with van der Waals surface area (Å²) < 4.78 is 13.6. The summed E-state index contributed by atoms with van der Waals surface area (Å²) in [7, 11) is 0. The lowest BCUT2D eigenvalue weighted by molar-refractivity contribution is 0.0701. The number of hydrogen-bond acceptors (Lipinski definition) is 2. The first kappa shape index (κ1) is 15.0. The van der Waals surface area contributed by atoms with Gasteiger partial charge in [0.25, 0.3) is 0 Å². The predicted molar refractivity (Wildman–Crippen MR) is 84.8 cm³/mol. The van der Waals surface area contributed by atoms with Crippen LogP contribution in [0, 0.1) is 5.82 Å². The van der Waals surface area contributed by atoms with Crippen molar-refractivity contribution >= 4 is 0 Å². The molecule has 2 saturated heterocycles. The highest BCUT2D eigenvalue weighted by Gasteiger charge is 2.35. The number of likely N-dealkylation sites (tertiary alicyclic amines) is 1. The van der Waals surface area contributed by atoms with E-state index < -0.39 is 0 Å². The van der Waals surface area contributed by atoms with Crippen molar-refractivity contribution in [2.75, 3.05) is 13.1 Å². The van der Waals surface area contributed by atoms with Gasteiger partial charge in [-0.3, -0.25) is 4.90 Å². The van der Waals surface area contributed by atoms with Gasteiger partial charge in [-0.15, -0.1) is 0 Å². The summed E-state index contributed by atoms with van der Waals surface area (Å²) >= 11 is 0. The Hall–Kier alpha value is -0.930. The van der Waals surface area contributed by atoms with E-state index in [-0.39, 0.29) is 5.82 Å². The van der Waals surface area contributed by atoms with Crippen LogP contribution in [0.2, 0.25) is 0 Å². The molecule has 3 unspecified atom stereocenters. The third-order valence-corrected chi connectivity index (χ3v) is 5.18. The number of piperidine rings is 1. The van der Waals surface area contributed by atoms with Crippen LogP contribution in [0.25, 0.3) is 0 Å². The normalized spacial score (nSPS) is 28.7. The number of rotatable bonds is 4. The largest absolute Gasteiger partial charge is 0.312 e. The van der Waals surface area contributed by atoms with Gasteiger partial charge in [-0.2, -0.15) is 0 Å². The van der Waals surface area contributed by atoms with Gasteiger partial charge in [0.15, 0.2) is 0 Å². The molecule has 0 bridgehead atoms. The van der Waals surface area contributed by atoms with Crippen molar-refractivity contribution in [2.24, 2.45) is 0 Å². The minimum Gasteiger partial charge on any atom is -0.312 e. The molecule has 0 radical (unpaired) electrons. The zero-order chi connectivity index (χ0) is 14.7. The van der Waals surface area contributed by atoms with Gasteiger partial charge in [0, 0.05) is 18.1 Å². The van der Waals surface area contributed by atoms with Gasteiger partial charge in [-0.1, -0.05) is 25.5 Å². The smallest absolute Gasteiger partial charge is 0.123 e. The topological polar surface area (TPSA) is 15.3 Å². The molecule has 3 atom stereocenters. The molecule has 2 aliphatic rings. The standard InChI is InChI=1S/C18H27FN2/c1-2-17(14-7-5-8-15(19)13-14)21-12-4-3-10-18(21)16-9-6-11-20-16/h5,7-8,13,16-18,20H,2-4,6,9-12H2,1H3. The molecule has 0 amide bonds. The van der Waals surface area contributed by atoms with Gasteiger partial charge in [-0.25, -0.2) is 4.39 Å². The lowest BCUT2D eigenvalue weighted by atomic mass is 9.90. The molecule has 21 heavy (non-hydrogen) atoms. The van der Waals surface area contributed by atoms with Crippen molar-refractivity contribution in [1.82, 2.24) is 10.2 Å². The minimum atomic E-state index is -0.112. The fourth-order valence-corrected chi connectivity index (χ4v) is 4.21. The first-order valence-electron chi connectivity index (χ1n) is 8.54. The van der Waals surface area contributed by atoms with Crippen molar-refractivity contribution < 1.29 is 4.39 Å². The second-order valence-corrected chi connectivity index (χ2v) is 6.48. The summed E-state index contributed by atoms with van der Waals surface area (Å²) in [6.07, 6.45) is 7.52. The maximum atomic E-state index is 13.6. The molecule has 116 valence electrons. The number of hydrogen-bond donors (Lipinski definition) is 1. The molecule has 0 aliphatic carbocycles. The number of benzene rings is 1. The van der Waals surface area contributed by atoms with E-state index in [0.717, 1.165) is 25.1 Å². The summed E-state index contributed by atoms with van der Waals surface area (Å²) in [5, 5.41) is 3.68. The summed E-state index contributed by atoms with van der Waals surface area (Å²) in [6, 6.07) is 8.81. The highest BCUT2D eigenvalue weighted by Crippen LogP contribution is 2.34. The van der Waals surface area contributed by atoms with Crippen molar-refractivity contribution in [2.45, 2.75) is 63.6 Å². The van der Waals surface area contributed by atoms with E-state index >= 15 is 0 Å². The molecular weight excluding hydrogens is 263 g/mol. The number of nitrogens with zero attached hydrogens (tertiary/aromatic N) is 1. The Morgan fingerprint density at radius 1 is 1.29 bits per heavy atom. The molecule has 2 heterocycles. The molecule has 2 fully saturated rings. The Morgan fingerprint density at radius 3 is 2.90 bits per heavy atom. The Balaban J connectivity index is 1.82. The van der Waals surface area contributed by atoms with Crippen LogP contribution in [-0.4, -0.2) is 30.1 Å². The van der Waals surface area contributed by atoms with E-state index in [0.29, 0.717) is 18.1 Å². The molecule has 0 saturated carbocycles. The third kappa shape index (κ3) is 3.29. The van der Waals surface area contributed by atoms with Gasteiger partial charge >= 0.3 is 0 Å². The summed E-state index contributed by atoms with van der Waals surface area (Å²) in [5.41, 5.74) is 1.14. The minimum absolute atomic E-state index is 0.112. The molecule has 1 aromatic rings. The molecule has 2 aliphatic heterocycles. The predicted octanol–water partition coefficient (Wildman–Crippen LogP) is 3.88. The van der Waals surface area contributed by atoms with Crippen LogP contribution in [-0.2, 0) is 0 Å². The van der Waals surface area contributed by atoms with Crippen molar-refractivity contribution in [3.8, 4) is 0 Å². The fourth-order valence-electron chi connectivity index (χ4n) is 4.21. The molecule has 1 N–H and O–H groups in total. The molecule has 2 nitrogen and oxygen atoms in total. The van der Waals surface area contributed by atoms with Crippen LogP contribution < -0.4 is 5.32 Å². The maximum absolute atomic E-state index is 13.6. The van der Waals surface area contributed by atoms with Crippen LogP contribution >= 0.6 is 0 Å². The Bertz CT molecular complexity index is 456. The summed E-state index contributed by atoms with van der Waals surface area (Å²) in [5.74, 6) is -0.112. The van der Waals surface area contributed by atoms with E-state index in [4.69, 9.17) is 0 Å². The van der Waals surface area contributed by atoms with E-state index in [2.05, 4.69) is 23.2 Å². The highest BCUT2D eigenvalue weighted by molar-refractivity contribution is 5.21. The van der Waals surface area contributed by atoms with Gasteiger partial charge in [0.2, 0.25) is 0 Å². The summed E-state index contributed by atoms with van der Waals surface area (Å²) in [4.78, 5) is 2.65. The maximum Gasteiger partial charge on any atom is 0.123 e. The van der Waals surface area contributed by atoms with E-state index in [9.17, 15) is 4.39 Å². The molecule has 0 aromatic heterocycles. The Labute approximate surface area is 127 Å². The second-order valence-electron chi connectivity index (χ2n) is 6.48. The van der Waals surface area contributed by atoms with Gasteiger partial charge in [-0.05, 0) is 62.9 Å². The molecule has 3 rings (SSSR count). The third-order valence-electron chi connectivity index (χ3n) is 5.18. The number of halogens is 1. The Kier molecular flexibility index (Phi) is 4.91. The van der Waals surface area contributed by atoms with Crippen LogP contribution in [0.1, 0.15) is 57.1 Å². The first-order valence-corrected chi connectivity index (χ1v) is 8.54. The van der Waals surface area contributed by atoms with Crippen LogP contribution in [0.15, 0.2) is 24.3 Å². The van der Waals surface area contributed by atoms with Crippen LogP contribution in [0.3, 0.4) is 0 Å². The first-order chi connectivity index (χ1) is 10.3. The van der Waals surface area contributed by atoms with Crippen molar-refractivity contribution in [3.05, 3.63) is 35.6 Å². The van der Waals surface area contributed by atoms with Gasteiger partial charge in [0.05, 0.1) is 0 Å². The average Bonchev–Trinajstić information content (AvgIpc) is 3.03. The van der Waals surface area contributed by atoms with E-state index in [1.54, 1.807) is 12.1 Å². The second kappa shape index (κ2) is 6.89. The summed E-state index contributed by atoms with van der Waals surface area (Å²) in [6.45, 7) is 4.53. The van der Waals surface area contributed by atoms with Crippen LogP contribution in [0.4, 0.5) is 4.39 Å². The molecular formula is C18H27FN2. The zero-order valence-electron chi connectivity index (χ0n) is 13.0. The molecule has 1 aromatic carbocycles. The quantitative estimate of drug-likeness (QED) is 0.905. The average molecular weight is 290 g/mol. The zero-order valence-corrected chi connectivity index (χ0v) is 13.0. The fraction of sp³-hybridized carbons (Fsp3) is 0.667. The van der Waals surface area contributed by atoms with Crippen molar-refractivity contribution in [1.29, 1.82) is 0 Å².